The van der Waals surface area contributed by atoms with E-state index in [9.17, 15) is 17.2 Å². The number of halogens is 2. The number of oxime groups is 1. The lowest BCUT2D eigenvalue weighted by Gasteiger charge is -2.24. The highest BCUT2D eigenvalue weighted by Gasteiger charge is 2.32. The summed E-state index contributed by atoms with van der Waals surface area (Å²) in [4.78, 5) is 5.57. The van der Waals surface area contributed by atoms with Crippen molar-refractivity contribution in [3.05, 3.63) is 95.1 Å². The topological polar surface area (TPSA) is 68.2 Å². The quantitative estimate of drug-likeness (QED) is 0.464. The first-order valence-corrected chi connectivity index (χ1v) is 12.1. The van der Waals surface area contributed by atoms with Gasteiger partial charge in [0.05, 0.1) is 24.3 Å². The van der Waals surface area contributed by atoms with Crippen LogP contribution in [0.3, 0.4) is 0 Å². The van der Waals surface area contributed by atoms with Gasteiger partial charge in [-0.2, -0.15) is 4.31 Å². The van der Waals surface area contributed by atoms with Gasteiger partial charge in [0.25, 0.3) is 0 Å². The van der Waals surface area contributed by atoms with Crippen molar-refractivity contribution in [1.29, 1.82) is 0 Å². The van der Waals surface area contributed by atoms with Crippen molar-refractivity contribution < 1.29 is 26.8 Å². The molecule has 6 nitrogen and oxygen atoms in total. The zero-order valence-electron chi connectivity index (χ0n) is 18.7. The SMILES string of the molecule is COc1ccc(S(=O)(=O)N(Cc2ccc(F)cc2F)CC2CC(c3ccc(C)cc3)=NO2)cc1. The third kappa shape index (κ3) is 5.26. The minimum absolute atomic E-state index is 0.0218. The molecule has 0 radical (unpaired) electrons. The van der Waals surface area contributed by atoms with Gasteiger partial charge < -0.3 is 9.57 Å². The Morgan fingerprint density at radius 1 is 1.06 bits per heavy atom. The Balaban J connectivity index is 1.59. The number of nitrogens with zero attached hydrogens (tertiary/aromatic N) is 2. The van der Waals surface area contributed by atoms with E-state index in [0.29, 0.717) is 17.9 Å². The molecule has 4 rings (SSSR count). The summed E-state index contributed by atoms with van der Waals surface area (Å²) in [6.45, 7) is 1.63. The van der Waals surface area contributed by atoms with Crippen molar-refractivity contribution in [2.24, 2.45) is 5.16 Å². The number of aryl methyl sites for hydroxylation is 1. The second-order valence-electron chi connectivity index (χ2n) is 8.04. The Hall–Kier alpha value is -3.30. The van der Waals surface area contributed by atoms with Crippen LogP contribution >= 0.6 is 0 Å². The first-order chi connectivity index (χ1) is 16.3. The zero-order chi connectivity index (χ0) is 24.3. The lowest BCUT2D eigenvalue weighted by Crippen LogP contribution is -2.37. The lowest BCUT2D eigenvalue weighted by molar-refractivity contribution is 0.0692. The molecular weight excluding hydrogens is 462 g/mol. The molecule has 0 spiro atoms. The van der Waals surface area contributed by atoms with Crippen LogP contribution in [0.25, 0.3) is 0 Å². The van der Waals surface area contributed by atoms with Crippen molar-refractivity contribution >= 4 is 15.7 Å². The van der Waals surface area contributed by atoms with Crippen LogP contribution in [0.1, 0.15) is 23.1 Å². The smallest absolute Gasteiger partial charge is 0.243 e. The molecule has 9 heteroatoms. The van der Waals surface area contributed by atoms with Gasteiger partial charge in [-0.25, -0.2) is 17.2 Å². The summed E-state index contributed by atoms with van der Waals surface area (Å²) in [6, 6.07) is 16.8. The van der Waals surface area contributed by atoms with Gasteiger partial charge in [0, 0.05) is 24.6 Å². The molecule has 1 atom stereocenters. The highest BCUT2D eigenvalue weighted by Crippen LogP contribution is 2.25. The number of benzene rings is 3. The molecule has 0 N–H and O–H groups in total. The van der Waals surface area contributed by atoms with Gasteiger partial charge in [-0.15, -0.1) is 0 Å². The van der Waals surface area contributed by atoms with Crippen LogP contribution in [0, 0.1) is 18.6 Å². The molecule has 0 aliphatic carbocycles. The van der Waals surface area contributed by atoms with Crippen molar-refractivity contribution in [1.82, 2.24) is 4.31 Å². The van der Waals surface area contributed by atoms with E-state index in [1.54, 1.807) is 0 Å². The van der Waals surface area contributed by atoms with Crippen LogP contribution in [0.5, 0.6) is 5.75 Å². The van der Waals surface area contributed by atoms with Gasteiger partial charge in [0.1, 0.15) is 23.5 Å². The van der Waals surface area contributed by atoms with E-state index in [1.807, 2.05) is 31.2 Å². The standard InChI is InChI=1S/C25H24F2N2O4S/c1-17-3-5-18(6-4-17)25-14-22(33-28-25)16-29(15-19-7-8-20(26)13-24(19)27)34(30,31)23-11-9-21(32-2)10-12-23/h3-13,22H,14-16H2,1-2H3. The van der Waals surface area contributed by atoms with E-state index in [-0.39, 0.29) is 23.5 Å². The second kappa shape index (κ2) is 9.90. The number of hydrogen-bond donors (Lipinski definition) is 0. The van der Waals surface area contributed by atoms with E-state index in [4.69, 9.17) is 9.57 Å². The van der Waals surface area contributed by atoms with E-state index in [1.165, 1.54) is 37.4 Å². The van der Waals surface area contributed by atoms with Crippen molar-refractivity contribution in [3.8, 4) is 5.75 Å². The van der Waals surface area contributed by atoms with Crippen LogP contribution in [-0.2, 0) is 21.4 Å². The fraction of sp³-hybridized carbons (Fsp3) is 0.240. The number of sulfonamides is 1. The highest BCUT2D eigenvalue weighted by molar-refractivity contribution is 7.89. The normalized spacial score (nSPS) is 15.8. The monoisotopic (exact) mass is 486 g/mol. The Morgan fingerprint density at radius 2 is 1.76 bits per heavy atom. The van der Waals surface area contributed by atoms with Crippen molar-refractivity contribution in [2.75, 3.05) is 13.7 Å². The van der Waals surface area contributed by atoms with E-state index >= 15 is 0 Å². The van der Waals surface area contributed by atoms with Crippen LogP contribution in [0.2, 0.25) is 0 Å². The zero-order valence-corrected chi connectivity index (χ0v) is 19.6. The molecule has 1 heterocycles. The molecule has 34 heavy (non-hydrogen) atoms. The molecule has 3 aromatic rings. The highest BCUT2D eigenvalue weighted by atomic mass is 32.2. The second-order valence-corrected chi connectivity index (χ2v) is 9.98. The maximum absolute atomic E-state index is 14.4. The summed E-state index contributed by atoms with van der Waals surface area (Å²) in [5.41, 5.74) is 2.76. The Morgan fingerprint density at radius 3 is 2.41 bits per heavy atom. The average Bonchev–Trinajstić information content (AvgIpc) is 3.29. The van der Waals surface area contributed by atoms with Crippen LogP contribution in [-0.4, -0.2) is 38.2 Å². The van der Waals surface area contributed by atoms with Crippen molar-refractivity contribution in [2.45, 2.75) is 30.9 Å². The van der Waals surface area contributed by atoms with Gasteiger partial charge >= 0.3 is 0 Å². The van der Waals surface area contributed by atoms with Gasteiger partial charge in [0.15, 0.2) is 0 Å². The third-order valence-electron chi connectivity index (χ3n) is 5.58. The molecule has 3 aromatic carbocycles. The number of ether oxygens (including phenoxy) is 1. The predicted molar refractivity (Wildman–Crippen MR) is 124 cm³/mol. The first-order valence-electron chi connectivity index (χ1n) is 10.6. The van der Waals surface area contributed by atoms with Gasteiger partial charge in [-0.05, 0) is 42.8 Å². The summed E-state index contributed by atoms with van der Waals surface area (Å²) in [5, 5.41) is 4.14. The summed E-state index contributed by atoms with van der Waals surface area (Å²) < 4.78 is 61.0. The van der Waals surface area contributed by atoms with Gasteiger partial charge in [0.2, 0.25) is 10.0 Å². The fourth-order valence-electron chi connectivity index (χ4n) is 3.65. The number of methoxy groups -OCH3 is 1. The van der Waals surface area contributed by atoms with Crippen LogP contribution in [0.4, 0.5) is 8.78 Å². The maximum atomic E-state index is 14.4. The summed E-state index contributed by atoms with van der Waals surface area (Å²) in [7, 11) is -2.56. The van der Waals surface area contributed by atoms with Crippen molar-refractivity contribution in [3.63, 3.8) is 0 Å². The van der Waals surface area contributed by atoms with Gasteiger partial charge in [-0.1, -0.05) is 41.1 Å². The minimum atomic E-state index is -4.04. The predicted octanol–water partition coefficient (Wildman–Crippen LogP) is 4.67. The summed E-state index contributed by atoms with van der Waals surface area (Å²) in [5.74, 6) is -1.05. The largest absolute Gasteiger partial charge is 0.497 e. The molecule has 178 valence electrons. The first kappa shape index (κ1) is 23.8. The fourth-order valence-corrected chi connectivity index (χ4v) is 5.10. The summed E-state index contributed by atoms with van der Waals surface area (Å²) in [6.07, 6.45) is -0.170. The molecule has 1 aliphatic rings. The minimum Gasteiger partial charge on any atom is -0.497 e. The van der Waals surface area contributed by atoms with Crippen LogP contribution in [0.15, 0.2) is 76.8 Å². The van der Waals surface area contributed by atoms with Gasteiger partial charge in [-0.3, -0.25) is 0 Å². The number of hydrogen-bond acceptors (Lipinski definition) is 5. The Kier molecular flexibility index (Phi) is 6.95. The van der Waals surface area contributed by atoms with E-state index in [2.05, 4.69) is 5.16 Å². The molecule has 0 saturated carbocycles. The molecule has 0 bridgehead atoms. The average molecular weight is 487 g/mol. The van der Waals surface area contributed by atoms with E-state index in [0.717, 1.165) is 27.6 Å². The van der Waals surface area contributed by atoms with E-state index < -0.39 is 27.8 Å². The Labute approximate surface area is 197 Å². The molecule has 1 aliphatic heterocycles. The summed E-state index contributed by atoms with van der Waals surface area (Å²) >= 11 is 0. The number of rotatable bonds is 8. The molecular formula is C25H24F2N2O4S. The lowest BCUT2D eigenvalue weighted by atomic mass is 10.0. The Bertz CT molecular complexity index is 1290. The molecule has 0 aromatic heterocycles. The van der Waals surface area contributed by atoms with Crippen LogP contribution < -0.4 is 4.74 Å². The molecule has 0 amide bonds. The maximum Gasteiger partial charge on any atom is 0.243 e. The molecule has 0 saturated heterocycles. The third-order valence-corrected chi connectivity index (χ3v) is 7.41. The molecule has 0 fully saturated rings. The molecule has 1 unspecified atom stereocenters.